The summed E-state index contributed by atoms with van der Waals surface area (Å²) in [4.78, 5) is 12.2. The van der Waals surface area contributed by atoms with E-state index in [-0.39, 0.29) is 11.9 Å². The highest BCUT2D eigenvalue weighted by atomic mass is 35.5. The van der Waals surface area contributed by atoms with Gasteiger partial charge in [-0.1, -0.05) is 48.0 Å². The SMILES string of the molecule is C[C@H](NC(=O)c1cccc(Cl)c1N)c1ccccc1. The Hall–Kier alpha value is -2.00. The van der Waals surface area contributed by atoms with Gasteiger partial charge >= 0.3 is 0 Å². The van der Waals surface area contributed by atoms with E-state index in [2.05, 4.69) is 5.32 Å². The largest absolute Gasteiger partial charge is 0.397 e. The summed E-state index contributed by atoms with van der Waals surface area (Å²) < 4.78 is 0. The van der Waals surface area contributed by atoms with Gasteiger partial charge in [-0.15, -0.1) is 0 Å². The predicted molar refractivity (Wildman–Crippen MR) is 78.2 cm³/mol. The van der Waals surface area contributed by atoms with Crippen LogP contribution >= 0.6 is 11.6 Å². The van der Waals surface area contributed by atoms with Gasteiger partial charge in [-0.3, -0.25) is 4.79 Å². The molecule has 0 radical (unpaired) electrons. The van der Waals surface area contributed by atoms with Crippen molar-refractivity contribution in [3.05, 3.63) is 64.7 Å². The number of para-hydroxylation sites is 1. The van der Waals surface area contributed by atoms with Crippen LogP contribution in [-0.2, 0) is 0 Å². The zero-order valence-corrected chi connectivity index (χ0v) is 11.3. The zero-order chi connectivity index (χ0) is 13.8. The lowest BCUT2D eigenvalue weighted by atomic mass is 10.1. The maximum Gasteiger partial charge on any atom is 0.253 e. The molecule has 0 spiro atoms. The third kappa shape index (κ3) is 3.06. The van der Waals surface area contributed by atoms with Crippen molar-refractivity contribution < 1.29 is 4.79 Å². The van der Waals surface area contributed by atoms with E-state index in [1.165, 1.54) is 0 Å². The van der Waals surface area contributed by atoms with Crippen molar-refractivity contribution in [3.8, 4) is 0 Å². The first-order chi connectivity index (χ1) is 9.09. The molecule has 0 unspecified atom stereocenters. The van der Waals surface area contributed by atoms with Crippen molar-refractivity contribution in [2.75, 3.05) is 5.73 Å². The first-order valence-corrected chi connectivity index (χ1v) is 6.37. The molecular weight excluding hydrogens is 260 g/mol. The molecule has 0 heterocycles. The molecule has 98 valence electrons. The van der Waals surface area contributed by atoms with Gasteiger partial charge in [0.05, 0.1) is 22.3 Å². The minimum Gasteiger partial charge on any atom is -0.397 e. The molecule has 3 N–H and O–H groups in total. The molecule has 3 nitrogen and oxygen atoms in total. The number of nitrogen functional groups attached to an aromatic ring is 1. The molecule has 0 bridgehead atoms. The summed E-state index contributed by atoms with van der Waals surface area (Å²) in [5, 5.41) is 3.29. The Morgan fingerprint density at radius 2 is 1.84 bits per heavy atom. The Bertz CT molecular complexity index is 584. The van der Waals surface area contributed by atoms with Crippen molar-refractivity contribution in [1.29, 1.82) is 0 Å². The predicted octanol–water partition coefficient (Wildman–Crippen LogP) is 3.41. The monoisotopic (exact) mass is 274 g/mol. The quantitative estimate of drug-likeness (QED) is 0.843. The van der Waals surface area contributed by atoms with Gasteiger partial charge in [0.2, 0.25) is 0 Å². The number of carbonyl (C=O) groups is 1. The van der Waals surface area contributed by atoms with Crippen LogP contribution in [0, 0.1) is 0 Å². The molecule has 1 amide bonds. The number of nitrogens with one attached hydrogen (secondary N) is 1. The molecule has 2 rings (SSSR count). The third-order valence-corrected chi connectivity index (χ3v) is 3.27. The van der Waals surface area contributed by atoms with E-state index in [4.69, 9.17) is 17.3 Å². The number of amides is 1. The van der Waals surface area contributed by atoms with E-state index in [9.17, 15) is 4.79 Å². The number of rotatable bonds is 3. The van der Waals surface area contributed by atoms with Crippen LogP contribution in [0.1, 0.15) is 28.9 Å². The Morgan fingerprint density at radius 1 is 1.16 bits per heavy atom. The number of hydrogen-bond donors (Lipinski definition) is 2. The first kappa shape index (κ1) is 13.4. The lowest BCUT2D eigenvalue weighted by Crippen LogP contribution is -2.27. The number of benzene rings is 2. The maximum absolute atomic E-state index is 12.2. The molecule has 4 heteroatoms. The van der Waals surface area contributed by atoms with Crippen LogP contribution in [0.25, 0.3) is 0 Å². The van der Waals surface area contributed by atoms with Crippen LogP contribution in [0.15, 0.2) is 48.5 Å². The summed E-state index contributed by atoms with van der Waals surface area (Å²) in [6, 6.07) is 14.7. The highest BCUT2D eigenvalue weighted by Crippen LogP contribution is 2.23. The lowest BCUT2D eigenvalue weighted by molar-refractivity contribution is 0.0941. The summed E-state index contributed by atoms with van der Waals surface area (Å²) in [6.45, 7) is 1.92. The summed E-state index contributed by atoms with van der Waals surface area (Å²) in [5.41, 5.74) is 7.55. The van der Waals surface area contributed by atoms with Gasteiger partial charge in [0.25, 0.3) is 5.91 Å². The zero-order valence-electron chi connectivity index (χ0n) is 10.6. The fourth-order valence-corrected chi connectivity index (χ4v) is 2.01. The molecule has 1 atom stereocenters. The van der Waals surface area contributed by atoms with Crippen molar-refractivity contribution in [1.82, 2.24) is 5.32 Å². The van der Waals surface area contributed by atoms with E-state index >= 15 is 0 Å². The van der Waals surface area contributed by atoms with Gasteiger partial charge in [-0.25, -0.2) is 0 Å². The van der Waals surface area contributed by atoms with Crippen molar-refractivity contribution >= 4 is 23.2 Å². The van der Waals surface area contributed by atoms with Gasteiger partial charge in [0.1, 0.15) is 0 Å². The molecule has 0 aliphatic carbocycles. The normalized spacial score (nSPS) is 11.9. The molecule has 2 aromatic carbocycles. The number of hydrogen-bond acceptors (Lipinski definition) is 2. The Kier molecular flexibility index (Phi) is 4.07. The number of carbonyl (C=O) groups excluding carboxylic acids is 1. The average Bonchev–Trinajstić information content (AvgIpc) is 2.42. The van der Waals surface area contributed by atoms with Crippen LogP contribution in [-0.4, -0.2) is 5.91 Å². The van der Waals surface area contributed by atoms with Crippen molar-refractivity contribution in [2.24, 2.45) is 0 Å². The van der Waals surface area contributed by atoms with Crippen molar-refractivity contribution in [2.45, 2.75) is 13.0 Å². The van der Waals surface area contributed by atoms with Gasteiger partial charge in [0, 0.05) is 0 Å². The van der Waals surface area contributed by atoms with Gasteiger partial charge in [-0.2, -0.15) is 0 Å². The van der Waals surface area contributed by atoms with Crippen LogP contribution in [0.4, 0.5) is 5.69 Å². The van der Waals surface area contributed by atoms with E-state index in [0.717, 1.165) is 5.56 Å². The van der Waals surface area contributed by atoms with E-state index in [0.29, 0.717) is 16.3 Å². The van der Waals surface area contributed by atoms with Crippen molar-refractivity contribution in [3.63, 3.8) is 0 Å². The molecule has 19 heavy (non-hydrogen) atoms. The molecule has 0 aliphatic heterocycles. The standard InChI is InChI=1S/C15H15ClN2O/c1-10(11-6-3-2-4-7-11)18-15(19)12-8-5-9-13(16)14(12)17/h2-10H,17H2,1H3,(H,18,19)/t10-/m0/s1. The average molecular weight is 275 g/mol. The minimum atomic E-state index is -0.226. The molecule has 0 saturated heterocycles. The minimum absolute atomic E-state index is 0.0907. The van der Waals surface area contributed by atoms with Crippen LogP contribution in [0.2, 0.25) is 5.02 Å². The Labute approximate surface area is 117 Å². The number of halogens is 1. The smallest absolute Gasteiger partial charge is 0.253 e. The number of nitrogens with two attached hydrogens (primary N) is 1. The third-order valence-electron chi connectivity index (χ3n) is 2.94. The molecule has 0 aliphatic rings. The van der Waals surface area contributed by atoms with Gasteiger partial charge in [-0.05, 0) is 24.6 Å². The second kappa shape index (κ2) is 5.76. The van der Waals surface area contributed by atoms with E-state index < -0.39 is 0 Å². The number of anilines is 1. The van der Waals surface area contributed by atoms with E-state index in [1.807, 2.05) is 37.3 Å². The molecule has 2 aromatic rings. The highest BCUT2D eigenvalue weighted by Gasteiger charge is 2.14. The maximum atomic E-state index is 12.2. The second-order valence-electron chi connectivity index (χ2n) is 4.31. The molecule has 0 fully saturated rings. The van der Waals surface area contributed by atoms with Crippen LogP contribution < -0.4 is 11.1 Å². The molecule has 0 saturated carbocycles. The first-order valence-electron chi connectivity index (χ1n) is 5.99. The molecular formula is C15H15ClN2O. The second-order valence-corrected chi connectivity index (χ2v) is 4.71. The van der Waals surface area contributed by atoms with Gasteiger partial charge < -0.3 is 11.1 Å². The van der Waals surface area contributed by atoms with E-state index in [1.54, 1.807) is 18.2 Å². The summed E-state index contributed by atoms with van der Waals surface area (Å²) in [7, 11) is 0. The summed E-state index contributed by atoms with van der Waals surface area (Å²) in [6.07, 6.45) is 0. The molecule has 0 aromatic heterocycles. The van der Waals surface area contributed by atoms with Crippen LogP contribution in [0.3, 0.4) is 0 Å². The summed E-state index contributed by atoms with van der Waals surface area (Å²) >= 11 is 5.91. The highest BCUT2D eigenvalue weighted by molar-refractivity contribution is 6.33. The lowest BCUT2D eigenvalue weighted by Gasteiger charge is -2.15. The fourth-order valence-electron chi connectivity index (χ4n) is 1.83. The van der Waals surface area contributed by atoms with Gasteiger partial charge in [0.15, 0.2) is 0 Å². The summed E-state index contributed by atoms with van der Waals surface area (Å²) in [5.74, 6) is -0.226. The fraction of sp³-hybridized carbons (Fsp3) is 0.133. The topological polar surface area (TPSA) is 55.1 Å². The Balaban J connectivity index is 2.16. The Morgan fingerprint density at radius 3 is 2.53 bits per heavy atom. The van der Waals surface area contributed by atoms with Crippen LogP contribution in [0.5, 0.6) is 0 Å².